The number of benzene rings is 7. The number of imidazole rings is 1. The minimum atomic E-state index is 0.829. The van der Waals surface area contributed by atoms with Crippen LogP contribution in [0.15, 0.2) is 164 Å². The molecule has 0 atom stereocenters. The Labute approximate surface area is 280 Å². The molecule has 49 heavy (non-hydrogen) atoms. The van der Waals surface area contributed by atoms with Gasteiger partial charge in [-0.3, -0.25) is 8.97 Å². The van der Waals surface area contributed by atoms with E-state index in [4.69, 9.17) is 9.97 Å². The lowest BCUT2D eigenvalue weighted by Gasteiger charge is -2.12. The summed E-state index contributed by atoms with van der Waals surface area (Å²) in [7, 11) is 0. The van der Waals surface area contributed by atoms with Crippen molar-refractivity contribution in [2.75, 3.05) is 0 Å². The standard InChI is InChI=1S/C44H27N5/c1-2-12-30(13-3-1)47-38-19-9-5-14-31(38)33-24-22-29(27-42(33)47)28-23-25-40-35(26-28)32-15-6-10-20-39(32)48(40)44-46-36-17-7-4-16-34(36)43-45-37-18-8-11-21-41(37)49(43)44/h1-27H. The van der Waals surface area contributed by atoms with Gasteiger partial charge in [0.2, 0.25) is 5.95 Å². The quantitative estimate of drug-likeness (QED) is 0.196. The van der Waals surface area contributed by atoms with Crippen LogP contribution in [0.1, 0.15) is 0 Å². The van der Waals surface area contributed by atoms with Gasteiger partial charge >= 0.3 is 0 Å². The third-order valence-electron chi connectivity index (χ3n) is 10.0. The van der Waals surface area contributed by atoms with Crippen LogP contribution in [0.3, 0.4) is 0 Å². The molecular weight excluding hydrogens is 599 g/mol. The lowest BCUT2D eigenvalue weighted by molar-refractivity contribution is 0.979. The fraction of sp³-hybridized carbons (Fsp3) is 0. The smallest absolute Gasteiger partial charge is 0.221 e. The summed E-state index contributed by atoms with van der Waals surface area (Å²) in [5.74, 6) is 0.829. The third kappa shape index (κ3) is 3.70. The lowest BCUT2D eigenvalue weighted by Crippen LogP contribution is -2.06. The Morgan fingerprint density at radius 2 is 0.918 bits per heavy atom. The summed E-state index contributed by atoms with van der Waals surface area (Å²) < 4.78 is 6.90. The van der Waals surface area contributed by atoms with Crippen LogP contribution < -0.4 is 0 Å². The van der Waals surface area contributed by atoms with Crippen molar-refractivity contribution in [2.45, 2.75) is 0 Å². The summed E-state index contributed by atoms with van der Waals surface area (Å²) in [6.45, 7) is 0. The normalized spacial score (nSPS) is 12.1. The van der Waals surface area contributed by atoms with Crippen LogP contribution in [0.5, 0.6) is 0 Å². The first-order chi connectivity index (χ1) is 24.3. The molecule has 0 aliphatic rings. The molecule has 0 fully saturated rings. The average Bonchev–Trinajstić information content (AvgIpc) is 3.83. The Bertz CT molecular complexity index is 3110. The van der Waals surface area contributed by atoms with E-state index in [-0.39, 0.29) is 0 Å². The molecule has 4 heterocycles. The van der Waals surface area contributed by atoms with Crippen LogP contribution in [-0.4, -0.2) is 23.5 Å². The summed E-state index contributed by atoms with van der Waals surface area (Å²) in [4.78, 5) is 10.4. The van der Waals surface area contributed by atoms with E-state index in [1.54, 1.807) is 0 Å². The highest BCUT2D eigenvalue weighted by atomic mass is 15.2. The first-order valence-corrected chi connectivity index (χ1v) is 16.6. The Balaban J connectivity index is 1.18. The van der Waals surface area contributed by atoms with Gasteiger partial charge in [0.15, 0.2) is 0 Å². The maximum Gasteiger partial charge on any atom is 0.221 e. The van der Waals surface area contributed by atoms with Crippen molar-refractivity contribution >= 4 is 71.2 Å². The van der Waals surface area contributed by atoms with E-state index in [0.29, 0.717) is 0 Å². The van der Waals surface area contributed by atoms with E-state index >= 15 is 0 Å². The second-order valence-electron chi connectivity index (χ2n) is 12.7. The predicted octanol–water partition coefficient (Wildman–Crippen LogP) is 10.9. The molecular formula is C44H27N5. The van der Waals surface area contributed by atoms with Crippen molar-refractivity contribution in [2.24, 2.45) is 0 Å². The molecule has 11 rings (SSSR count). The number of rotatable bonds is 3. The van der Waals surface area contributed by atoms with Crippen molar-refractivity contribution in [1.29, 1.82) is 0 Å². The van der Waals surface area contributed by atoms with Crippen LogP contribution in [0.4, 0.5) is 0 Å². The Morgan fingerprint density at radius 1 is 0.347 bits per heavy atom. The van der Waals surface area contributed by atoms with Gasteiger partial charge in [0.25, 0.3) is 0 Å². The highest BCUT2D eigenvalue weighted by Gasteiger charge is 2.20. The fourth-order valence-electron chi connectivity index (χ4n) is 7.85. The van der Waals surface area contributed by atoms with Gasteiger partial charge in [0.1, 0.15) is 5.65 Å². The Morgan fingerprint density at radius 3 is 1.73 bits per heavy atom. The SMILES string of the molecule is c1ccc(-n2c3ccccc3c3ccc(-c4ccc5c(c4)c4ccccc4n5-c4nc5ccccc5c5nc6ccccc6n45)cc32)cc1. The second-order valence-corrected chi connectivity index (χ2v) is 12.7. The van der Waals surface area contributed by atoms with Gasteiger partial charge < -0.3 is 4.57 Å². The van der Waals surface area contributed by atoms with Crippen molar-refractivity contribution < 1.29 is 0 Å². The zero-order chi connectivity index (χ0) is 32.1. The molecule has 11 aromatic rings. The van der Waals surface area contributed by atoms with E-state index in [0.717, 1.165) is 50.3 Å². The van der Waals surface area contributed by atoms with Gasteiger partial charge in [-0.25, -0.2) is 9.97 Å². The molecule has 4 aromatic heterocycles. The molecule has 5 nitrogen and oxygen atoms in total. The van der Waals surface area contributed by atoms with Gasteiger partial charge in [-0.05, 0) is 77.9 Å². The number of aromatic nitrogens is 5. The van der Waals surface area contributed by atoms with Crippen molar-refractivity contribution in [3.05, 3.63) is 164 Å². The summed E-state index contributed by atoms with van der Waals surface area (Å²) in [5.41, 5.74) is 11.9. The fourth-order valence-corrected chi connectivity index (χ4v) is 7.85. The van der Waals surface area contributed by atoms with Crippen molar-refractivity contribution in [1.82, 2.24) is 23.5 Å². The molecule has 0 aliphatic carbocycles. The van der Waals surface area contributed by atoms with Gasteiger partial charge in [-0.15, -0.1) is 0 Å². The molecule has 7 aromatic carbocycles. The van der Waals surface area contributed by atoms with Gasteiger partial charge in [0.05, 0.1) is 38.6 Å². The Hall–Kier alpha value is -6.72. The van der Waals surface area contributed by atoms with E-state index < -0.39 is 0 Å². The maximum absolute atomic E-state index is 5.33. The number of para-hydroxylation sites is 6. The first-order valence-electron chi connectivity index (χ1n) is 16.6. The predicted molar refractivity (Wildman–Crippen MR) is 202 cm³/mol. The molecule has 228 valence electrons. The lowest BCUT2D eigenvalue weighted by atomic mass is 10.0. The highest BCUT2D eigenvalue weighted by molar-refractivity contribution is 6.12. The highest BCUT2D eigenvalue weighted by Crippen LogP contribution is 2.39. The van der Waals surface area contributed by atoms with Gasteiger partial charge in [-0.1, -0.05) is 97.1 Å². The topological polar surface area (TPSA) is 40.0 Å². The molecule has 0 spiro atoms. The molecule has 0 N–H and O–H groups in total. The Kier molecular flexibility index (Phi) is 5.32. The number of fused-ring (bicyclic) bond motifs is 11. The number of hydrogen-bond donors (Lipinski definition) is 0. The van der Waals surface area contributed by atoms with Crippen LogP contribution in [0.2, 0.25) is 0 Å². The molecule has 0 saturated heterocycles. The second kappa shape index (κ2) is 9.89. The summed E-state index contributed by atoms with van der Waals surface area (Å²) in [6.07, 6.45) is 0. The van der Waals surface area contributed by atoms with Crippen LogP contribution >= 0.6 is 0 Å². The maximum atomic E-state index is 5.33. The molecule has 0 unspecified atom stereocenters. The van der Waals surface area contributed by atoms with Crippen LogP contribution in [-0.2, 0) is 0 Å². The van der Waals surface area contributed by atoms with E-state index in [1.165, 1.54) is 43.7 Å². The largest absolute Gasteiger partial charge is 0.309 e. The van der Waals surface area contributed by atoms with Crippen molar-refractivity contribution in [3.8, 4) is 22.8 Å². The molecule has 0 bridgehead atoms. The van der Waals surface area contributed by atoms with Crippen molar-refractivity contribution in [3.63, 3.8) is 0 Å². The minimum absolute atomic E-state index is 0.829. The summed E-state index contributed by atoms with van der Waals surface area (Å²) in [5, 5.41) is 5.91. The van der Waals surface area contributed by atoms with Gasteiger partial charge in [0, 0.05) is 32.6 Å². The zero-order valence-electron chi connectivity index (χ0n) is 26.3. The molecule has 0 aliphatic heterocycles. The summed E-state index contributed by atoms with van der Waals surface area (Å²) in [6, 6.07) is 58.3. The monoisotopic (exact) mass is 625 g/mol. The average molecular weight is 626 g/mol. The molecule has 0 radical (unpaired) electrons. The first kappa shape index (κ1) is 26.4. The minimum Gasteiger partial charge on any atom is -0.309 e. The number of nitrogens with zero attached hydrogens (tertiary/aromatic N) is 5. The molecule has 0 saturated carbocycles. The molecule has 0 amide bonds. The zero-order valence-corrected chi connectivity index (χ0v) is 26.3. The summed E-state index contributed by atoms with van der Waals surface area (Å²) >= 11 is 0. The number of hydrogen-bond acceptors (Lipinski definition) is 2. The van der Waals surface area contributed by atoms with Crippen LogP contribution in [0, 0.1) is 0 Å². The van der Waals surface area contributed by atoms with Crippen LogP contribution in [0.25, 0.3) is 94.0 Å². The van der Waals surface area contributed by atoms with E-state index in [2.05, 4.69) is 165 Å². The third-order valence-corrected chi connectivity index (χ3v) is 10.0. The van der Waals surface area contributed by atoms with E-state index in [9.17, 15) is 0 Å². The van der Waals surface area contributed by atoms with Gasteiger partial charge in [-0.2, -0.15) is 0 Å². The van der Waals surface area contributed by atoms with E-state index in [1.807, 2.05) is 12.1 Å². The molecule has 5 heteroatoms.